The smallest absolute Gasteiger partial charge is 0.263 e. The van der Waals surface area contributed by atoms with Gasteiger partial charge in [0, 0.05) is 17.4 Å². The Morgan fingerprint density at radius 2 is 1.95 bits per heavy atom. The Morgan fingerprint density at radius 1 is 1.24 bits per heavy atom. The average molecular weight is 345 g/mol. The highest BCUT2D eigenvalue weighted by Crippen LogP contribution is 2.24. The van der Waals surface area contributed by atoms with E-state index in [0.717, 1.165) is 6.20 Å². The molecule has 1 aromatic heterocycles. The number of sulfonamides is 1. The Morgan fingerprint density at radius 3 is 2.57 bits per heavy atom. The predicted molar refractivity (Wildman–Crippen MR) is 81.5 cm³/mol. The fourth-order valence-corrected chi connectivity index (χ4v) is 2.92. The van der Waals surface area contributed by atoms with E-state index in [4.69, 9.17) is 23.2 Å². The van der Waals surface area contributed by atoms with Crippen molar-refractivity contribution in [3.05, 3.63) is 52.3 Å². The van der Waals surface area contributed by atoms with Crippen LogP contribution in [0.15, 0.2) is 41.4 Å². The highest BCUT2D eigenvalue weighted by atomic mass is 35.5. The van der Waals surface area contributed by atoms with E-state index >= 15 is 0 Å². The molecule has 2 aromatic rings. The molecule has 0 spiro atoms. The largest absolute Gasteiger partial charge is 0.295 e. The Hall–Kier alpha value is -1.63. The van der Waals surface area contributed by atoms with Crippen molar-refractivity contribution in [3.8, 4) is 0 Å². The lowest BCUT2D eigenvalue weighted by atomic mass is 10.1. The first-order valence-corrected chi connectivity index (χ1v) is 7.98. The van der Waals surface area contributed by atoms with E-state index in [2.05, 4.69) is 9.71 Å². The monoisotopic (exact) mass is 344 g/mol. The maximum absolute atomic E-state index is 12.2. The van der Waals surface area contributed by atoms with E-state index in [1.54, 1.807) is 12.1 Å². The third-order valence-electron chi connectivity index (χ3n) is 2.60. The summed E-state index contributed by atoms with van der Waals surface area (Å²) in [6.07, 6.45) is 1.10. The van der Waals surface area contributed by atoms with Crippen LogP contribution in [0, 0.1) is 0 Å². The molecule has 0 atom stereocenters. The van der Waals surface area contributed by atoms with E-state index < -0.39 is 10.0 Å². The molecule has 0 unspecified atom stereocenters. The normalized spacial score (nSPS) is 11.2. The van der Waals surface area contributed by atoms with Crippen LogP contribution in [-0.4, -0.2) is 19.2 Å². The summed E-state index contributed by atoms with van der Waals surface area (Å²) in [6, 6.07) is 7.37. The fraction of sp³-hybridized carbons (Fsp3) is 0.0769. The lowest BCUT2D eigenvalue weighted by molar-refractivity contribution is 0.101. The molecule has 8 heteroatoms. The lowest BCUT2D eigenvalue weighted by Crippen LogP contribution is -2.13. The standard InChI is InChI=1S/C13H10Cl2N2O3S/c1-8(18)9-3-2-4-10(5-9)17-21(19,20)11-6-12(14)13(15)16-7-11/h2-7,17H,1H3. The summed E-state index contributed by atoms with van der Waals surface area (Å²) < 4.78 is 26.8. The summed E-state index contributed by atoms with van der Waals surface area (Å²) >= 11 is 11.4. The number of nitrogens with one attached hydrogen (secondary N) is 1. The Bertz CT molecular complexity index is 807. The average Bonchev–Trinajstić information content (AvgIpc) is 2.41. The summed E-state index contributed by atoms with van der Waals surface area (Å²) in [7, 11) is -3.86. The molecule has 1 N–H and O–H groups in total. The van der Waals surface area contributed by atoms with Crippen molar-refractivity contribution in [1.82, 2.24) is 4.98 Å². The van der Waals surface area contributed by atoms with Gasteiger partial charge in [-0.2, -0.15) is 0 Å². The summed E-state index contributed by atoms with van der Waals surface area (Å²) in [5.74, 6) is -0.160. The number of hydrogen-bond acceptors (Lipinski definition) is 4. The zero-order valence-electron chi connectivity index (χ0n) is 10.8. The lowest BCUT2D eigenvalue weighted by Gasteiger charge is -2.09. The molecule has 0 amide bonds. The molecule has 0 saturated heterocycles. The first-order valence-electron chi connectivity index (χ1n) is 5.74. The van der Waals surface area contributed by atoms with Crippen molar-refractivity contribution >= 4 is 44.7 Å². The van der Waals surface area contributed by atoms with Crippen LogP contribution in [0.1, 0.15) is 17.3 Å². The second-order valence-electron chi connectivity index (χ2n) is 4.19. The van der Waals surface area contributed by atoms with E-state index in [9.17, 15) is 13.2 Å². The number of ketones is 1. The van der Waals surface area contributed by atoms with Gasteiger partial charge >= 0.3 is 0 Å². The Labute approximate surface area is 132 Å². The summed E-state index contributed by atoms with van der Waals surface area (Å²) in [6.45, 7) is 1.40. The SMILES string of the molecule is CC(=O)c1cccc(NS(=O)(=O)c2cnc(Cl)c(Cl)c2)c1. The number of halogens is 2. The second kappa shape index (κ2) is 6.01. The third-order valence-corrected chi connectivity index (χ3v) is 4.64. The summed E-state index contributed by atoms with van der Waals surface area (Å²) in [4.78, 5) is 14.9. The number of benzene rings is 1. The van der Waals surface area contributed by atoms with Gasteiger partial charge in [-0.15, -0.1) is 0 Å². The zero-order valence-corrected chi connectivity index (χ0v) is 13.1. The van der Waals surface area contributed by atoms with E-state index in [-0.39, 0.29) is 26.5 Å². The van der Waals surface area contributed by atoms with Gasteiger partial charge in [0.2, 0.25) is 0 Å². The van der Waals surface area contributed by atoms with Crippen LogP contribution < -0.4 is 4.72 Å². The Balaban J connectivity index is 2.35. The van der Waals surface area contributed by atoms with Gasteiger partial charge in [-0.1, -0.05) is 35.3 Å². The zero-order chi connectivity index (χ0) is 15.6. The highest BCUT2D eigenvalue weighted by molar-refractivity contribution is 7.92. The highest BCUT2D eigenvalue weighted by Gasteiger charge is 2.17. The summed E-state index contributed by atoms with van der Waals surface area (Å²) in [5, 5.41) is 0.0613. The fourth-order valence-electron chi connectivity index (χ4n) is 1.57. The van der Waals surface area contributed by atoms with Gasteiger partial charge in [0.25, 0.3) is 10.0 Å². The number of carbonyl (C=O) groups is 1. The van der Waals surface area contributed by atoms with Crippen molar-refractivity contribution in [1.29, 1.82) is 0 Å². The van der Waals surface area contributed by atoms with Crippen molar-refractivity contribution in [2.45, 2.75) is 11.8 Å². The van der Waals surface area contributed by atoms with Gasteiger partial charge in [-0.05, 0) is 25.1 Å². The number of rotatable bonds is 4. The van der Waals surface area contributed by atoms with Gasteiger partial charge in [-0.25, -0.2) is 13.4 Å². The first kappa shape index (κ1) is 15.8. The van der Waals surface area contributed by atoms with E-state index in [1.165, 1.54) is 25.1 Å². The van der Waals surface area contributed by atoms with Crippen molar-refractivity contribution in [2.75, 3.05) is 4.72 Å². The van der Waals surface area contributed by atoms with Gasteiger partial charge < -0.3 is 0 Å². The molecule has 1 aromatic carbocycles. The predicted octanol–water partition coefficient (Wildman–Crippen LogP) is 3.39. The first-order chi connectivity index (χ1) is 9.79. The minimum Gasteiger partial charge on any atom is -0.295 e. The summed E-state index contributed by atoms with van der Waals surface area (Å²) in [5.41, 5.74) is 0.677. The number of nitrogens with zero attached hydrogens (tertiary/aromatic N) is 1. The number of aromatic nitrogens is 1. The molecule has 0 aliphatic rings. The molecule has 21 heavy (non-hydrogen) atoms. The van der Waals surface area contributed by atoms with Crippen LogP contribution in [0.3, 0.4) is 0 Å². The van der Waals surface area contributed by atoms with Crippen LogP contribution in [0.2, 0.25) is 10.2 Å². The van der Waals surface area contributed by atoms with E-state index in [1.807, 2.05) is 0 Å². The van der Waals surface area contributed by atoms with Gasteiger partial charge in [-0.3, -0.25) is 9.52 Å². The minimum absolute atomic E-state index is 0.0224. The maximum atomic E-state index is 12.2. The van der Waals surface area contributed by atoms with E-state index in [0.29, 0.717) is 5.56 Å². The van der Waals surface area contributed by atoms with Gasteiger partial charge in [0.15, 0.2) is 5.78 Å². The van der Waals surface area contributed by atoms with Crippen LogP contribution >= 0.6 is 23.2 Å². The molecule has 0 radical (unpaired) electrons. The van der Waals surface area contributed by atoms with Crippen molar-refractivity contribution < 1.29 is 13.2 Å². The quantitative estimate of drug-likeness (QED) is 0.681. The number of carbonyl (C=O) groups excluding carboxylic acids is 1. The molecular weight excluding hydrogens is 335 g/mol. The molecule has 2 rings (SSSR count). The molecule has 0 aliphatic carbocycles. The molecule has 5 nitrogen and oxygen atoms in total. The molecule has 1 heterocycles. The maximum Gasteiger partial charge on any atom is 0.263 e. The molecule has 0 aliphatic heterocycles. The number of Topliss-reactive ketones (excluding diaryl/α,β-unsaturated/α-hetero) is 1. The topological polar surface area (TPSA) is 76.1 Å². The van der Waals surface area contributed by atoms with Gasteiger partial charge in [0.05, 0.1) is 5.02 Å². The van der Waals surface area contributed by atoms with Crippen LogP contribution in [0.4, 0.5) is 5.69 Å². The number of hydrogen-bond donors (Lipinski definition) is 1. The molecule has 0 bridgehead atoms. The second-order valence-corrected chi connectivity index (χ2v) is 6.63. The van der Waals surface area contributed by atoms with Crippen molar-refractivity contribution in [2.24, 2.45) is 0 Å². The molecule has 0 saturated carbocycles. The molecule has 110 valence electrons. The number of anilines is 1. The third kappa shape index (κ3) is 3.72. The molecule has 0 fully saturated rings. The van der Waals surface area contributed by atoms with Crippen molar-refractivity contribution in [3.63, 3.8) is 0 Å². The Kier molecular flexibility index (Phi) is 4.51. The van der Waals surface area contributed by atoms with Gasteiger partial charge in [0.1, 0.15) is 10.0 Å². The van der Waals surface area contributed by atoms with Crippen LogP contribution in [0.25, 0.3) is 0 Å². The van der Waals surface area contributed by atoms with Crippen LogP contribution in [0.5, 0.6) is 0 Å². The number of pyridine rings is 1. The minimum atomic E-state index is -3.86. The van der Waals surface area contributed by atoms with Crippen LogP contribution in [-0.2, 0) is 10.0 Å². The molecular formula is C13H10Cl2N2O3S.